The molecule has 3 heterocycles. The Morgan fingerprint density at radius 3 is 2.59 bits per heavy atom. The van der Waals surface area contributed by atoms with Crippen molar-refractivity contribution in [3.05, 3.63) is 136 Å². The lowest BCUT2D eigenvalue weighted by Gasteiger charge is -2.38. The number of carbonyl (C=O) groups excluding carboxylic acids is 1. The summed E-state index contributed by atoms with van der Waals surface area (Å²) in [6.07, 6.45) is 4.26. The summed E-state index contributed by atoms with van der Waals surface area (Å²) in [5.41, 5.74) is 5.24. The molecule has 0 saturated carbocycles. The van der Waals surface area contributed by atoms with Gasteiger partial charge in [0.25, 0.3) is 0 Å². The summed E-state index contributed by atoms with van der Waals surface area (Å²) in [4.78, 5) is 19.7. The van der Waals surface area contributed by atoms with Gasteiger partial charge in [0.15, 0.2) is 0 Å². The first-order valence-corrected chi connectivity index (χ1v) is 13.1. The predicted octanol–water partition coefficient (Wildman–Crippen LogP) is 6.25. The largest absolute Gasteiger partial charge is 0.458 e. The number of benzene rings is 3. The molecule has 6 rings (SSSR count). The summed E-state index contributed by atoms with van der Waals surface area (Å²) >= 11 is 0. The molecule has 2 unspecified atom stereocenters. The highest BCUT2D eigenvalue weighted by atomic mass is 19.1. The Hall–Kier alpha value is -4.29. The van der Waals surface area contributed by atoms with Gasteiger partial charge < -0.3 is 14.4 Å². The van der Waals surface area contributed by atoms with Crippen LogP contribution in [-0.2, 0) is 23.2 Å². The number of aromatic nitrogens is 1. The van der Waals surface area contributed by atoms with Gasteiger partial charge in [-0.3, -0.25) is 9.78 Å². The number of halogens is 1. The molecule has 1 amide bonds. The number of carbonyl (C=O) groups is 1. The average molecular weight is 521 g/mol. The van der Waals surface area contributed by atoms with Gasteiger partial charge in [0.05, 0.1) is 12.5 Å². The smallest absolute Gasteiger partial charge is 0.227 e. The van der Waals surface area contributed by atoms with Crippen molar-refractivity contribution in [3.8, 4) is 0 Å². The fraction of sp³-hybridized carbons (Fsp3) is 0.212. The average Bonchev–Trinajstić information content (AvgIpc) is 3.38. The molecule has 1 N–H and O–H groups in total. The molecule has 196 valence electrons. The van der Waals surface area contributed by atoms with Gasteiger partial charge in [-0.2, -0.15) is 0 Å². The molecule has 5 nitrogen and oxygen atoms in total. The van der Waals surface area contributed by atoms with Gasteiger partial charge in [-0.05, 0) is 90.6 Å². The van der Waals surface area contributed by atoms with Crippen LogP contribution in [0.3, 0.4) is 0 Å². The first-order chi connectivity index (χ1) is 18.8. The second kappa shape index (κ2) is 9.79. The van der Waals surface area contributed by atoms with Crippen LogP contribution in [0, 0.1) is 12.7 Å². The van der Waals surface area contributed by atoms with E-state index in [2.05, 4.69) is 30.1 Å². The van der Waals surface area contributed by atoms with E-state index in [-0.39, 0.29) is 24.2 Å². The van der Waals surface area contributed by atoms with Crippen molar-refractivity contribution < 1.29 is 18.7 Å². The van der Waals surface area contributed by atoms with Crippen LogP contribution in [0.4, 0.5) is 4.39 Å². The van der Waals surface area contributed by atoms with Crippen molar-refractivity contribution in [2.24, 2.45) is 0 Å². The highest BCUT2D eigenvalue weighted by molar-refractivity contribution is 5.84. The quantitative estimate of drug-likeness (QED) is 0.298. The summed E-state index contributed by atoms with van der Waals surface area (Å²) in [5, 5.41) is 12.0. The van der Waals surface area contributed by atoms with Crippen molar-refractivity contribution in [1.82, 2.24) is 9.88 Å². The molecule has 0 bridgehead atoms. The molecule has 39 heavy (non-hydrogen) atoms. The lowest BCUT2D eigenvalue weighted by Crippen LogP contribution is -2.41. The van der Waals surface area contributed by atoms with Crippen LogP contribution in [0.25, 0.3) is 11.0 Å². The van der Waals surface area contributed by atoms with Crippen LogP contribution < -0.4 is 0 Å². The van der Waals surface area contributed by atoms with Crippen LogP contribution in [0.5, 0.6) is 0 Å². The Balaban J connectivity index is 1.29. The standard InChI is InChI=1S/C33H29FN2O3/c1-21-3-9-28-24(17-21)13-16-36(32(28)23-5-7-27(34)8-6-23)31(37)19-22-4-10-29-25(18-22)20-30(39-29)33(2,38)26-11-14-35-15-12-26/h3-12,14-15,17-18,20,32,38H,13,16,19H2,1-2H3. The zero-order valence-corrected chi connectivity index (χ0v) is 21.9. The zero-order chi connectivity index (χ0) is 27.1. The van der Waals surface area contributed by atoms with Crippen LogP contribution in [0.2, 0.25) is 0 Å². The van der Waals surface area contributed by atoms with E-state index >= 15 is 0 Å². The molecule has 3 aromatic carbocycles. The fourth-order valence-electron chi connectivity index (χ4n) is 5.57. The summed E-state index contributed by atoms with van der Waals surface area (Å²) in [7, 11) is 0. The van der Waals surface area contributed by atoms with E-state index in [0.717, 1.165) is 28.5 Å². The number of nitrogens with zero attached hydrogens (tertiary/aromatic N) is 2. The van der Waals surface area contributed by atoms with Crippen molar-refractivity contribution >= 4 is 16.9 Å². The van der Waals surface area contributed by atoms with E-state index in [4.69, 9.17) is 4.42 Å². The number of fused-ring (bicyclic) bond motifs is 2. The van der Waals surface area contributed by atoms with Gasteiger partial charge in [-0.15, -0.1) is 0 Å². The maximum Gasteiger partial charge on any atom is 0.227 e. The highest BCUT2D eigenvalue weighted by Gasteiger charge is 2.33. The highest BCUT2D eigenvalue weighted by Crippen LogP contribution is 2.37. The number of hydrogen-bond donors (Lipinski definition) is 1. The summed E-state index contributed by atoms with van der Waals surface area (Å²) in [6, 6.07) is 23.5. The molecule has 0 saturated heterocycles. The van der Waals surface area contributed by atoms with Crippen LogP contribution >= 0.6 is 0 Å². The van der Waals surface area contributed by atoms with E-state index in [1.807, 2.05) is 29.2 Å². The SMILES string of the molecule is Cc1ccc2c(c1)CCN(C(=O)Cc1ccc3oc(C(C)(O)c4ccncc4)cc3c1)C2c1ccc(F)cc1. The maximum absolute atomic E-state index is 13.8. The van der Waals surface area contributed by atoms with Gasteiger partial charge in [0.1, 0.15) is 22.8 Å². The van der Waals surface area contributed by atoms with E-state index < -0.39 is 5.60 Å². The van der Waals surface area contributed by atoms with Crippen LogP contribution in [-0.4, -0.2) is 27.4 Å². The molecule has 0 radical (unpaired) electrons. The van der Waals surface area contributed by atoms with E-state index in [0.29, 0.717) is 23.5 Å². The lowest BCUT2D eigenvalue weighted by atomic mass is 9.87. The third kappa shape index (κ3) is 4.72. The monoisotopic (exact) mass is 520 g/mol. The molecular weight excluding hydrogens is 491 g/mol. The van der Waals surface area contributed by atoms with Crippen LogP contribution in [0.1, 0.15) is 52.1 Å². The Morgan fingerprint density at radius 2 is 1.82 bits per heavy atom. The predicted molar refractivity (Wildman–Crippen MR) is 148 cm³/mol. The van der Waals surface area contributed by atoms with Gasteiger partial charge in [-0.25, -0.2) is 4.39 Å². The van der Waals surface area contributed by atoms with Gasteiger partial charge in [0, 0.05) is 24.3 Å². The molecule has 1 aliphatic rings. The fourth-order valence-corrected chi connectivity index (χ4v) is 5.57. The van der Waals surface area contributed by atoms with Crippen molar-refractivity contribution in [2.45, 2.75) is 38.3 Å². The number of amides is 1. The minimum Gasteiger partial charge on any atom is -0.458 e. The van der Waals surface area contributed by atoms with Crippen LogP contribution in [0.15, 0.2) is 95.7 Å². The van der Waals surface area contributed by atoms with Crippen molar-refractivity contribution in [2.75, 3.05) is 6.54 Å². The normalized spacial score (nSPS) is 16.6. The molecule has 2 atom stereocenters. The summed E-state index contributed by atoms with van der Waals surface area (Å²) in [5.74, 6) is 0.126. The number of rotatable bonds is 5. The molecule has 2 aromatic heterocycles. The minimum atomic E-state index is -1.32. The molecule has 0 aliphatic carbocycles. The Labute approximate surface area is 226 Å². The van der Waals surface area contributed by atoms with E-state index in [9.17, 15) is 14.3 Å². The molecule has 0 fully saturated rings. The topological polar surface area (TPSA) is 66.6 Å². The van der Waals surface area contributed by atoms with Gasteiger partial charge in [-0.1, -0.05) is 42.0 Å². The van der Waals surface area contributed by atoms with E-state index in [1.165, 1.54) is 23.3 Å². The second-order valence-corrected chi connectivity index (χ2v) is 10.5. The first kappa shape index (κ1) is 25.0. The zero-order valence-electron chi connectivity index (χ0n) is 21.9. The third-order valence-electron chi connectivity index (χ3n) is 7.69. The summed E-state index contributed by atoms with van der Waals surface area (Å²) < 4.78 is 19.7. The first-order valence-electron chi connectivity index (χ1n) is 13.1. The molecule has 5 aromatic rings. The molecular formula is C33H29FN2O3. The van der Waals surface area contributed by atoms with Crippen molar-refractivity contribution in [3.63, 3.8) is 0 Å². The maximum atomic E-state index is 13.8. The Morgan fingerprint density at radius 1 is 1.05 bits per heavy atom. The molecule has 6 heteroatoms. The lowest BCUT2D eigenvalue weighted by molar-refractivity contribution is -0.132. The number of hydrogen-bond acceptors (Lipinski definition) is 4. The van der Waals surface area contributed by atoms with Crippen molar-refractivity contribution in [1.29, 1.82) is 0 Å². The Kier molecular flexibility index (Phi) is 6.28. The number of aliphatic hydroxyl groups is 1. The minimum absolute atomic E-state index is 0.00222. The second-order valence-electron chi connectivity index (χ2n) is 10.5. The number of pyridine rings is 1. The molecule has 1 aliphatic heterocycles. The summed E-state index contributed by atoms with van der Waals surface area (Å²) in [6.45, 7) is 4.35. The Bertz CT molecular complexity index is 1660. The van der Waals surface area contributed by atoms with E-state index in [1.54, 1.807) is 43.6 Å². The molecule has 0 spiro atoms. The number of furan rings is 1. The van der Waals surface area contributed by atoms with Gasteiger partial charge in [0.2, 0.25) is 5.91 Å². The number of aryl methyl sites for hydroxylation is 1. The van der Waals surface area contributed by atoms with Gasteiger partial charge >= 0.3 is 0 Å². The third-order valence-corrected chi connectivity index (χ3v) is 7.69.